The van der Waals surface area contributed by atoms with Crippen LogP contribution in [-0.2, 0) is 5.41 Å². The van der Waals surface area contributed by atoms with Gasteiger partial charge in [0.15, 0.2) is 0 Å². The van der Waals surface area contributed by atoms with Crippen LogP contribution in [0.4, 0.5) is 0 Å². The van der Waals surface area contributed by atoms with Gasteiger partial charge in [-0.3, -0.25) is 0 Å². The van der Waals surface area contributed by atoms with Gasteiger partial charge < -0.3 is 10.8 Å². The summed E-state index contributed by atoms with van der Waals surface area (Å²) in [5.41, 5.74) is 8.11. The smallest absolute Gasteiger partial charge is 0.0541 e. The molecule has 1 aliphatic carbocycles. The molecule has 0 unspecified atom stereocenters. The molecule has 17 heavy (non-hydrogen) atoms. The molecule has 2 nitrogen and oxygen atoms in total. The highest BCUT2D eigenvalue weighted by Gasteiger charge is 2.35. The molecule has 2 rings (SSSR count). The molecule has 0 saturated heterocycles. The zero-order valence-electron chi connectivity index (χ0n) is 10.0. The fourth-order valence-corrected chi connectivity index (χ4v) is 2.70. The minimum Gasteiger partial charge on any atom is -0.393 e. The summed E-state index contributed by atoms with van der Waals surface area (Å²) in [5, 5.41) is 9.61. The Kier molecular flexibility index (Phi) is 3.51. The number of aliphatic hydroxyl groups is 1. The average molecular weight is 229 g/mol. The first-order chi connectivity index (χ1) is 8.20. The molecular weight excluding hydrogens is 210 g/mol. The van der Waals surface area contributed by atoms with Crippen molar-refractivity contribution in [1.29, 1.82) is 0 Å². The maximum atomic E-state index is 9.61. The third-order valence-electron chi connectivity index (χ3n) is 3.94. The molecule has 0 radical (unpaired) electrons. The second-order valence-electron chi connectivity index (χ2n) is 4.94. The predicted octanol–water partition coefficient (Wildman–Crippen LogP) is 1.80. The van der Waals surface area contributed by atoms with Crippen molar-refractivity contribution in [2.75, 3.05) is 6.54 Å². The molecule has 2 heteroatoms. The Balaban J connectivity index is 2.31. The molecule has 90 valence electrons. The number of hydrogen-bond donors (Lipinski definition) is 2. The predicted molar refractivity (Wildman–Crippen MR) is 69.6 cm³/mol. The van der Waals surface area contributed by atoms with Gasteiger partial charge in [-0.1, -0.05) is 18.1 Å². The Morgan fingerprint density at radius 2 is 2.12 bits per heavy atom. The number of aliphatic hydroxyl groups excluding tert-OH is 1. The largest absolute Gasteiger partial charge is 0.393 e. The van der Waals surface area contributed by atoms with Gasteiger partial charge in [-0.25, -0.2) is 0 Å². The van der Waals surface area contributed by atoms with Crippen LogP contribution in [0.3, 0.4) is 0 Å². The Morgan fingerprint density at radius 1 is 1.41 bits per heavy atom. The van der Waals surface area contributed by atoms with E-state index in [1.165, 1.54) is 5.56 Å². The van der Waals surface area contributed by atoms with Gasteiger partial charge in [-0.05, 0) is 43.4 Å². The third kappa shape index (κ3) is 2.36. The van der Waals surface area contributed by atoms with Crippen LogP contribution in [0.15, 0.2) is 24.3 Å². The monoisotopic (exact) mass is 229 g/mol. The Morgan fingerprint density at radius 3 is 2.71 bits per heavy atom. The van der Waals surface area contributed by atoms with E-state index in [1.807, 2.05) is 12.1 Å². The molecule has 1 fully saturated rings. The van der Waals surface area contributed by atoms with Crippen LogP contribution in [0.2, 0.25) is 0 Å². The van der Waals surface area contributed by atoms with Crippen molar-refractivity contribution in [2.24, 2.45) is 5.73 Å². The maximum absolute atomic E-state index is 9.61. The third-order valence-corrected chi connectivity index (χ3v) is 3.94. The van der Waals surface area contributed by atoms with E-state index in [0.29, 0.717) is 6.54 Å². The van der Waals surface area contributed by atoms with Gasteiger partial charge >= 0.3 is 0 Å². The highest BCUT2D eigenvalue weighted by molar-refractivity contribution is 5.39. The normalized spacial score (nSPS) is 28.6. The van der Waals surface area contributed by atoms with Crippen LogP contribution in [0.1, 0.15) is 36.8 Å². The van der Waals surface area contributed by atoms with Crippen molar-refractivity contribution in [3.8, 4) is 12.3 Å². The van der Waals surface area contributed by atoms with Crippen molar-refractivity contribution < 1.29 is 5.11 Å². The Hall–Kier alpha value is -1.30. The van der Waals surface area contributed by atoms with Crippen molar-refractivity contribution in [3.63, 3.8) is 0 Å². The van der Waals surface area contributed by atoms with Crippen molar-refractivity contribution >= 4 is 0 Å². The summed E-state index contributed by atoms with van der Waals surface area (Å²) in [6.07, 6.45) is 8.82. The molecule has 1 aliphatic rings. The van der Waals surface area contributed by atoms with E-state index in [4.69, 9.17) is 12.2 Å². The Labute approximate surface area is 103 Å². The summed E-state index contributed by atoms with van der Waals surface area (Å²) < 4.78 is 0. The summed E-state index contributed by atoms with van der Waals surface area (Å²) in [5.74, 6) is 2.67. The SMILES string of the molecule is C#Cc1cccc(C2(CN)CCC(O)CC2)c1. The minimum absolute atomic E-state index is 0.00604. The summed E-state index contributed by atoms with van der Waals surface area (Å²) in [6, 6.07) is 8.09. The standard InChI is InChI=1S/C15H19NO/c1-2-12-4-3-5-13(10-12)15(11-16)8-6-14(17)7-9-15/h1,3-5,10,14,17H,6-9,11,16H2. The number of nitrogens with two attached hydrogens (primary N) is 1. The number of terminal acetylenes is 1. The molecule has 1 saturated carbocycles. The van der Waals surface area contributed by atoms with Gasteiger partial charge in [0.25, 0.3) is 0 Å². The second-order valence-corrected chi connectivity index (χ2v) is 4.94. The molecule has 0 aliphatic heterocycles. The molecule has 1 aromatic rings. The van der Waals surface area contributed by atoms with Crippen LogP contribution in [0.5, 0.6) is 0 Å². The van der Waals surface area contributed by atoms with Gasteiger partial charge in [-0.2, -0.15) is 0 Å². The molecule has 0 spiro atoms. The first-order valence-corrected chi connectivity index (χ1v) is 6.15. The topological polar surface area (TPSA) is 46.2 Å². The van der Waals surface area contributed by atoms with Gasteiger partial charge in [0.1, 0.15) is 0 Å². The molecule has 1 aromatic carbocycles. The zero-order chi connectivity index (χ0) is 12.3. The van der Waals surface area contributed by atoms with Crippen LogP contribution in [-0.4, -0.2) is 17.8 Å². The van der Waals surface area contributed by atoms with Crippen molar-refractivity contribution in [3.05, 3.63) is 35.4 Å². The van der Waals surface area contributed by atoms with E-state index in [1.54, 1.807) is 0 Å². The molecule has 0 atom stereocenters. The number of benzene rings is 1. The van der Waals surface area contributed by atoms with E-state index in [0.717, 1.165) is 31.2 Å². The number of hydrogen-bond acceptors (Lipinski definition) is 2. The summed E-state index contributed by atoms with van der Waals surface area (Å²) in [6.45, 7) is 0.619. The van der Waals surface area contributed by atoms with Gasteiger partial charge in [-0.15, -0.1) is 6.42 Å². The minimum atomic E-state index is -0.162. The second kappa shape index (κ2) is 4.91. The first-order valence-electron chi connectivity index (χ1n) is 6.15. The van der Waals surface area contributed by atoms with E-state index >= 15 is 0 Å². The summed E-state index contributed by atoms with van der Waals surface area (Å²) >= 11 is 0. The lowest BCUT2D eigenvalue weighted by Gasteiger charge is -2.38. The fraction of sp³-hybridized carbons (Fsp3) is 0.467. The van der Waals surface area contributed by atoms with Crippen LogP contribution >= 0.6 is 0 Å². The zero-order valence-corrected chi connectivity index (χ0v) is 10.0. The van der Waals surface area contributed by atoms with E-state index in [-0.39, 0.29) is 11.5 Å². The van der Waals surface area contributed by atoms with Gasteiger partial charge in [0.2, 0.25) is 0 Å². The summed E-state index contributed by atoms with van der Waals surface area (Å²) in [7, 11) is 0. The quantitative estimate of drug-likeness (QED) is 0.760. The van der Waals surface area contributed by atoms with E-state index in [9.17, 15) is 5.11 Å². The lowest BCUT2D eigenvalue weighted by Crippen LogP contribution is -2.40. The maximum Gasteiger partial charge on any atom is 0.0541 e. The first kappa shape index (κ1) is 12.2. The Bertz CT molecular complexity index is 425. The lowest BCUT2D eigenvalue weighted by atomic mass is 9.68. The van der Waals surface area contributed by atoms with Crippen molar-refractivity contribution in [1.82, 2.24) is 0 Å². The van der Waals surface area contributed by atoms with Gasteiger partial charge in [0.05, 0.1) is 6.10 Å². The van der Waals surface area contributed by atoms with E-state index < -0.39 is 0 Å². The number of rotatable bonds is 2. The van der Waals surface area contributed by atoms with Gasteiger partial charge in [0, 0.05) is 17.5 Å². The fourth-order valence-electron chi connectivity index (χ4n) is 2.70. The summed E-state index contributed by atoms with van der Waals surface area (Å²) in [4.78, 5) is 0. The molecular formula is C15H19NO. The molecule has 3 N–H and O–H groups in total. The molecule has 0 aromatic heterocycles. The highest BCUT2D eigenvalue weighted by atomic mass is 16.3. The molecule has 0 amide bonds. The van der Waals surface area contributed by atoms with Crippen molar-refractivity contribution in [2.45, 2.75) is 37.2 Å². The molecule has 0 heterocycles. The molecule has 0 bridgehead atoms. The van der Waals surface area contributed by atoms with Crippen LogP contribution in [0.25, 0.3) is 0 Å². The highest BCUT2D eigenvalue weighted by Crippen LogP contribution is 2.38. The van der Waals surface area contributed by atoms with E-state index in [2.05, 4.69) is 18.1 Å². The average Bonchev–Trinajstić information content (AvgIpc) is 2.40. The van der Waals surface area contributed by atoms with Crippen LogP contribution < -0.4 is 5.73 Å². The lowest BCUT2D eigenvalue weighted by molar-refractivity contribution is 0.0974. The van der Waals surface area contributed by atoms with Crippen LogP contribution in [0, 0.1) is 12.3 Å².